The Bertz CT molecular complexity index is 638. The van der Waals surface area contributed by atoms with Crippen LogP contribution in [0.2, 0.25) is 0 Å². The Labute approximate surface area is 168 Å². The number of nitrogens with zero attached hydrogens (tertiary/aromatic N) is 2. The summed E-state index contributed by atoms with van der Waals surface area (Å²) in [5.41, 5.74) is 0.511. The second-order valence-electron chi connectivity index (χ2n) is 7.77. The van der Waals surface area contributed by atoms with Gasteiger partial charge in [0.15, 0.2) is 0 Å². The molecule has 0 radical (unpaired) electrons. The number of halogens is 1. The number of carbonyl (C=O) groups excluding carboxylic acids is 2. The Morgan fingerprint density at radius 1 is 1.25 bits per heavy atom. The van der Waals surface area contributed by atoms with Crippen molar-refractivity contribution in [1.82, 2.24) is 15.1 Å². The van der Waals surface area contributed by atoms with Crippen molar-refractivity contribution >= 4 is 11.8 Å². The molecule has 1 fully saturated rings. The lowest BCUT2D eigenvalue weighted by molar-refractivity contribution is -0.134. The van der Waals surface area contributed by atoms with E-state index in [1.807, 2.05) is 4.90 Å². The first kappa shape index (κ1) is 22.3. The zero-order chi connectivity index (χ0) is 20.4. The smallest absolute Gasteiger partial charge is 0.236 e. The number of amides is 2. The van der Waals surface area contributed by atoms with Crippen LogP contribution in [0.4, 0.5) is 4.39 Å². The molecular formula is C22H34FN3O2. The first-order chi connectivity index (χ1) is 13.5. The first-order valence-corrected chi connectivity index (χ1v) is 10.5. The molecule has 1 aromatic rings. The van der Waals surface area contributed by atoms with Crippen LogP contribution in [0.15, 0.2) is 24.3 Å². The average Bonchev–Trinajstić information content (AvgIpc) is 2.69. The van der Waals surface area contributed by atoms with Gasteiger partial charge in [-0.2, -0.15) is 0 Å². The lowest BCUT2D eigenvalue weighted by Gasteiger charge is -2.32. The van der Waals surface area contributed by atoms with Gasteiger partial charge in [0.1, 0.15) is 5.82 Å². The van der Waals surface area contributed by atoms with Gasteiger partial charge in [-0.3, -0.25) is 14.5 Å². The maximum absolute atomic E-state index is 13.8. The summed E-state index contributed by atoms with van der Waals surface area (Å²) < 4.78 is 13.8. The highest BCUT2D eigenvalue weighted by atomic mass is 19.1. The van der Waals surface area contributed by atoms with Crippen molar-refractivity contribution in [2.45, 2.75) is 52.0 Å². The number of nitrogens with one attached hydrogen (secondary N) is 1. The normalized spacial score (nSPS) is 17.3. The van der Waals surface area contributed by atoms with Crippen molar-refractivity contribution in [3.63, 3.8) is 0 Å². The third kappa shape index (κ3) is 7.23. The molecule has 1 unspecified atom stereocenters. The number of rotatable bonds is 10. The largest absolute Gasteiger partial charge is 0.356 e. The molecular weight excluding hydrogens is 357 g/mol. The monoisotopic (exact) mass is 391 g/mol. The molecule has 0 bridgehead atoms. The van der Waals surface area contributed by atoms with Gasteiger partial charge in [-0.25, -0.2) is 4.39 Å². The first-order valence-electron chi connectivity index (χ1n) is 10.5. The third-order valence-corrected chi connectivity index (χ3v) is 5.36. The number of likely N-dealkylation sites (tertiary alicyclic amines) is 1. The predicted octanol–water partition coefficient (Wildman–Crippen LogP) is 3.19. The minimum absolute atomic E-state index is 0.0513. The molecule has 2 rings (SSSR count). The molecule has 0 saturated carbocycles. The molecule has 2 amide bonds. The number of likely N-dealkylation sites (N-methyl/N-ethyl adjacent to an activating group) is 1. The van der Waals surface area contributed by atoms with Crippen LogP contribution < -0.4 is 5.32 Å². The number of carbonyl (C=O) groups is 2. The summed E-state index contributed by atoms with van der Waals surface area (Å²) in [6.45, 7) is 4.86. The van der Waals surface area contributed by atoms with Crippen LogP contribution in [0.1, 0.15) is 51.0 Å². The van der Waals surface area contributed by atoms with Gasteiger partial charge >= 0.3 is 0 Å². The molecule has 1 aromatic carbocycles. The molecule has 1 N–H and O–H groups in total. The van der Waals surface area contributed by atoms with E-state index in [4.69, 9.17) is 0 Å². The van der Waals surface area contributed by atoms with Crippen molar-refractivity contribution in [3.05, 3.63) is 35.6 Å². The molecule has 156 valence electrons. The fourth-order valence-electron chi connectivity index (χ4n) is 3.60. The van der Waals surface area contributed by atoms with Crippen LogP contribution in [0.3, 0.4) is 0 Å². The zero-order valence-electron chi connectivity index (χ0n) is 17.3. The third-order valence-electron chi connectivity index (χ3n) is 5.36. The second-order valence-corrected chi connectivity index (χ2v) is 7.77. The SMILES string of the molecule is CCCCCCNC(=O)C1CCCN(CC(=O)N(C)Cc2ccccc2F)C1. The Balaban J connectivity index is 1.76. The number of hydrogen-bond acceptors (Lipinski definition) is 3. The molecule has 0 aliphatic carbocycles. The van der Waals surface area contributed by atoms with Gasteiger partial charge in [-0.1, -0.05) is 44.4 Å². The minimum Gasteiger partial charge on any atom is -0.356 e. The summed E-state index contributed by atoms with van der Waals surface area (Å²) in [5, 5.41) is 3.04. The van der Waals surface area contributed by atoms with Crippen LogP contribution in [0.5, 0.6) is 0 Å². The molecule has 6 heteroatoms. The summed E-state index contributed by atoms with van der Waals surface area (Å²) in [6, 6.07) is 6.51. The van der Waals surface area contributed by atoms with E-state index in [0.717, 1.165) is 38.8 Å². The van der Waals surface area contributed by atoms with E-state index in [1.165, 1.54) is 18.9 Å². The molecule has 1 aliphatic rings. The summed E-state index contributed by atoms with van der Waals surface area (Å²) in [6.07, 6.45) is 6.35. The lowest BCUT2D eigenvalue weighted by Crippen LogP contribution is -2.46. The Morgan fingerprint density at radius 2 is 2.04 bits per heavy atom. The summed E-state index contributed by atoms with van der Waals surface area (Å²) in [5.74, 6) is -0.294. The minimum atomic E-state index is -0.296. The zero-order valence-corrected chi connectivity index (χ0v) is 17.3. The van der Waals surface area contributed by atoms with Crippen molar-refractivity contribution in [3.8, 4) is 0 Å². The predicted molar refractivity (Wildman–Crippen MR) is 109 cm³/mol. The average molecular weight is 392 g/mol. The van der Waals surface area contributed by atoms with Gasteiger partial charge < -0.3 is 10.2 Å². The highest BCUT2D eigenvalue weighted by Gasteiger charge is 2.27. The van der Waals surface area contributed by atoms with Gasteiger partial charge in [0.25, 0.3) is 0 Å². The second kappa shape index (κ2) is 11.8. The standard InChI is InChI=1S/C22H34FN3O2/c1-3-4-5-8-13-24-22(28)19-11-9-14-26(16-19)17-21(27)25(2)15-18-10-6-7-12-20(18)23/h6-7,10,12,19H,3-5,8-9,11,13-17H2,1-2H3,(H,24,28). The van der Waals surface area contributed by atoms with Crippen molar-refractivity contribution in [2.75, 3.05) is 33.2 Å². The van der Waals surface area contributed by atoms with Crippen molar-refractivity contribution < 1.29 is 14.0 Å². The Hall–Kier alpha value is -1.95. The van der Waals surface area contributed by atoms with E-state index in [0.29, 0.717) is 12.1 Å². The maximum atomic E-state index is 13.8. The van der Waals surface area contributed by atoms with Crippen LogP contribution in [0, 0.1) is 11.7 Å². The van der Waals surface area contributed by atoms with E-state index >= 15 is 0 Å². The van der Waals surface area contributed by atoms with E-state index in [9.17, 15) is 14.0 Å². The van der Waals surface area contributed by atoms with E-state index in [2.05, 4.69) is 12.2 Å². The van der Waals surface area contributed by atoms with Gasteiger partial charge in [0.2, 0.25) is 11.8 Å². The molecule has 28 heavy (non-hydrogen) atoms. The maximum Gasteiger partial charge on any atom is 0.236 e. The quantitative estimate of drug-likeness (QED) is 0.623. The van der Waals surface area contributed by atoms with Gasteiger partial charge in [-0.15, -0.1) is 0 Å². The summed E-state index contributed by atoms with van der Waals surface area (Å²) in [4.78, 5) is 28.5. The molecule has 1 aliphatic heterocycles. The highest BCUT2D eigenvalue weighted by Crippen LogP contribution is 2.17. The van der Waals surface area contributed by atoms with Crippen LogP contribution in [0.25, 0.3) is 0 Å². The van der Waals surface area contributed by atoms with Crippen molar-refractivity contribution in [2.24, 2.45) is 5.92 Å². The van der Waals surface area contributed by atoms with Crippen LogP contribution in [-0.2, 0) is 16.1 Å². The Morgan fingerprint density at radius 3 is 2.79 bits per heavy atom. The molecule has 1 saturated heterocycles. The van der Waals surface area contributed by atoms with Crippen molar-refractivity contribution in [1.29, 1.82) is 0 Å². The summed E-state index contributed by atoms with van der Waals surface area (Å²) in [7, 11) is 1.69. The number of benzene rings is 1. The van der Waals surface area contributed by atoms with Crippen LogP contribution >= 0.6 is 0 Å². The Kier molecular flexibility index (Phi) is 9.41. The van der Waals surface area contributed by atoms with Gasteiger partial charge in [0.05, 0.1) is 12.5 Å². The van der Waals surface area contributed by atoms with Crippen LogP contribution in [-0.4, -0.2) is 54.8 Å². The number of piperidine rings is 1. The topological polar surface area (TPSA) is 52.7 Å². The molecule has 1 heterocycles. The van der Waals surface area contributed by atoms with Gasteiger partial charge in [-0.05, 0) is 31.9 Å². The molecule has 5 nitrogen and oxygen atoms in total. The summed E-state index contributed by atoms with van der Waals surface area (Å²) >= 11 is 0. The number of unbranched alkanes of at least 4 members (excludes halogenated alkanes) is 3. The fraction of sp³-hybridized carbons (Fsp3) is 0.636. The van der Waals surface area contributed by atoms with Gasteiger partial charge in [0, 0.05) is 32.2 Å². The fourth-order valence-corrected chi connectivity index (χ4v) is 3.60. The number of hydrogen-bond donors (Lipinski definition) is 1. The molecule has 0 aromatic heterocycles. The molecule has 1 atom stereocenters. The van der Waals surface area contributed by atoms with E-state index in [1.54, 1.807) is 30.1 Å². The van der Waals surface area contributed by atoms with E-state index in [-0.39, 0.29) is 36.6 Å². The molecule has 0 spiro atoms. The van der Waals surface area contributed by atoms with E-state index < -0.39 is 0 Å². The highest BCUT2D eigenvalue weighted by molar-refractivity contribution is 5.80. The lowest BCUT2D eigenvalue weighted by atomic mass is 9.97.